The van der Waals surface area contributed by atoms with Crippen LogP contribution in [-0.2, 0) is 9.53 Å². The van der Waals surface area contributed by atoms with Crippen LogP contribution in [0.25, 0.3) is 0 Å². The third-order valence-corrected chi connectivity index (χ3v) is 1.95. The number of imide groups is 1. The number of hydrogen-bond acceptors (Lipinski definition) is 4. The Labute approximate surface area is 89.6 Å². The summed E-state index contributed by atoms with van der Waals surface area (Å²) in [6.45, 7) is 6.01. The van der Waals surface area contributed by atoms with Crippen LogP contribution < -0.4 is 10.6 Å². The van der Waals surface area contributed by atoms with E-state index in [2.05, 4.69) is 10.6 Å². The first-order chi connectivity index (χ1) is 6.88. The zero-order valence-electron chi connectivity index (χ0n) is 9.37. The van der Waals surface area contributed by atoms with Crippen LogP contribution in [0, 0.1) is 0 Å². The average molecular weight is 213 g/mol. The molecule has 1 saturated heterocycles. The maximum atomic E-state index is 11.4. The minimum absolute atomic E-state index is 0.308. The summed E-state index contributed by atoms with van der Waals surface area (Å²) in [6, 6.07) is -0.308. The van der Waals surface area contributed by atoms with E-state index in [4.69, 9.17) is 4.74 Å². The van der Waals surface area contributed by atoms with E-state index in [0.29, 0.717) is 0 Å². The molecule has 5 heteroatoms. The topological polar surface area (TPSA) is 69.5 Å². The van der Waals surface area contributed by atoms with Gasteiger partial charge in [-0.15, -0.1) is 5.32 Å². The van der Waals surface area contributed by atoms with Crippen molar-refractivity contribution in [3.8, 4) is 0 Å². The van der Waals surface area contributed by atoms with Crippen molar-refractivity contribution in [2.45, 2.75) is 45.3 Å². The van der Waals surface area contributed by atoms with E-state index in [0.717, 1.165) is 19.4 Å². The Hall–Kier alpha value is -1.10. The molecule has 0 aromatic heterocycles. The first kappa shape index (κ1) is 12.0. The van der Waals surface area contributed by atoms with Crippen molar-refractivity contribution in [3.05, 3.63) is 0 Å². The number of amides is 2. The summed E-state index contributed by atoms with van der Waals surface area (Å²) in [4.78, 5) is 22.6. The van der Waals surface area contributed by atoms with Gasteiger partial charge in [-0.3, -0.25) is 4.79 Å². The summed E-state index contributed by atoms with van der Waals surface area (Å²) in [6.07, 6.45) is 0.881. The normalized spacial score (nSPS) is 21.1. The highest BCUT2D eigenvalue weighted by Gasteiger charge is 2.27. The van der Waals surface area contributed by atoms with Crippen molar-refractivity contribution < 1.29 is 14.3 Å². The lowest BCUT2D eigenvalue weighted by molar-refractivity contribution is -0.122. The Morgan fingerprint density at radius 2 is 2.07 bits per heavy atom. The SMILES string of the molecule is CC(C)(C)OC(=O)[N]C(=O)[C@@H]1CCCN1. The lowest BCUT2D eigenvalue weighted by atomic mass is 10.2. The molecule has 1 heterocycles. The van der Waals surface area contributed by atoms with Crippen molar-refractivity contribution in [2.24, 2.45) is 0 Å². The predicted molar refractivity (Wildman–Crippen MR) is 54.4 cm³/mol. The summed E-state index contributed by atoms with van der Waals surface area (Å²) in [5, 5.41) is 6.36. The number of carbonyl (C=O) groups excluding carboxylic acids is 2. The highest BCUT2D eigenvalue weighted by atomic mass is 16.6. The van der Waals surface area contributed by atoms with Gasteiger partial charge in [0, 0.05) is 0 Å². The smallest absolute Gasteiger partial charge is 0.437 e. The molecule has 0 spiro atoms. The van der Waals surface area contributed by atoms with Gasteiger partial charge in [-0.25, -0.2) is 4.79 Å². The molecule has 1 rings (SSSR count). The Bertz CT molecular complexity index is 252. The van der Waals surface area contributed by atoms with Crippen molar-refractivity contribution in [1.29, 1.82) is 0 Å². The zero-order valence-corrected chi connectivity index (χ0v) is 9.37. The number of carbonyl (C=O) groups is 2. The summed E-state index contributed by atoms with van der Waals surface area (Å²) in [5.41, 5.74) is -0.607. The lowest BCUT2D eigenvalue weighted by Crippen LogP contribution is -2.40. The number of nitrogens with one attached hydrogen (secondary N) is 1. The fraction of sp³-hybridized carbons (Fsp3) is 0.800. The van der Waals surface area contributed by atoms with Crippen molar-refractivity contribution in [3.63, 3.8) is 0 Å². The third-order valence-electron chi connectivity index (χ3n) is 1.95. The van der Waals surface area contributed by atoms with E-state index in [1.165, 1.54) is 0 Å². The van der Waals surface area contributed by atoms with Gasteiger partial charge in [0.15, 0.2) is 0 Å². The molecule has 15 heavy (non-hydrogen) atoms. The van der Waals surface area contributed by atoms with Crippen LogP contribution in [0.2, 0.25) is 0 Å². The van der Waals surface area contributed by atoms with Crippen LogP contribution in [0.5, 0.6) is 0 Å². The van der Waals surface area contributed by atoms with Gasteiger partial charge in [-0.2, -0.15) is 0 Å². The van der Waals surface area contributed by atoms with Gasteiger partial charge in [0.2, 0.25) is 0 Å². The molecule has 85 valence electrons. The number of hydrogen-bond donors (Lipinski definition) is 1. The van der Waals surface area contributed by atoms with Gasteiger partial charge in [0.25, 0.3) is 5.91 Å². The highest BCUT2D eigenvalue weighted by Crippen LogP contribution is 2.08. The van der Waals surface area contributed by atoms with E-state index >= 15 is 0 Å². The van der Waals surface area contributed by atoms with Crippen LogP contribution in [0.3, 0.4) is 0 Å². The lowest BCUT2D eigenvalue weighted by Gasteiger charge is -2.18. The molecular formula is C10H17N2O3. The summed E-state index contributed by atoms with van der Waals surface area (Å²) < 4.78 is 4.91. The standard InChI is InChI=1S/C10H17N2O3/c1-10(2,3)15-9(14)12-8(13)7-5-4-6-11-7/h7,11H,4-6H2,1-3H3/t7-/m0/s1. The molecule has 1 N–H and O–H groups in total. The Morgan fingerprint density at radius 3 is 2.53 bits per heavy atom. The van der Waals surface area contributed by atoms with Crippen molar-refractivity contribution in [1.82, 2.24) is 10.6 Å². The fourth-order valence-electron chi connectivity index (χ4n) is 1.35. The maximum Gasteiger partial charge on any atom is 0.437 e. The van der Waals surface area contributed by atoms with Gasteiger partial charge in [0.05, 0.1) is 6.04 Å². The first-order valence-electron chi connectivity index (χ1n) is 5.10. The average Bonchev–Trinajstić information content (AvgIpc) is 2.50. The minimum Gasteiger partial charge on any atom is -0.442 e. The van der Waals surface area contributed by atoms with Gasteiger partial charge in [-0.1, -0.05) is 0 Å². The molecule has 1 aliphatic rings. The quantitative estimate of drug-likeness (QED) is 0.699. The van der Waals surface area contributed by atoms with Gasteiger partial charge in [-0.05, 0) is 40.2 Å². The molecular weight excluding hydrogens is 196 g/mol. The predicted octanol–water partition coefficient (Wildman–Crippen LogP) is 0.804. The van der Waals surface area contributed by atoms with Crippen LogP contribution in [-0.4, -0.2) is 30.2 Å². The molecule has 0 saturated carbocycles. The van der Waals surface area contributed by atoms with Gasteiger partial charge < -0.3 is 10.1 Å². The molecule has 1 aliphatic heterocycles. The molecule has 5 nitrogen and oxygen atoms in total. The van der Waals surface area contributed by atoms with Crippen molar-refractivity contribution >= 4 is 12.0 Å². The van der Waals surface area contributed by atoms with E-state index in [9.17, 15) is 9.59 Å². The van der Waals surface area contributed by atoms with Crippen LogP contribution in [0.15, 0.2) is 0 Å². The second-order valence-corrected chi connectivity index (χ2v) is 4.58. The Kier molecular flexibility index (Phi) is 3.68. The Balaban J connectivity index is 2.34. The van der Waals surface area contributed by atoms with Crippen LogP contribution >= 0.6 is 0 Å². The summed E-state index contributed by atoms with van der Waals surface area (Å²) in [7, 11) is 0. The van der Waals surface area contributed by atoms with Crippen LogP contribution in [0.1, 0.15) is 33.6 Å². The molecule has 1 fully saturated rings. The van der Waals surface area contributed by atoms with Crippen LogP contribution in [0.4, 0.5) is 4.79 Å². The van der Waals surface area contributed by atoms with Gasteiger partial charge in [0.1, 0.15) is 5.60 Å². The molecule has 2 amide bonds. The number of nitrogens with zero attached hydrogens (tertiary/aromatic N) is 1. The van der Waals surface area contributed by atoms with E-state index in [1.54, 1.807) is 20.8 Å². The van der Waals surface area contributed by atoms with Crippen molar-refractivity contribution in [2.75, 3.05) is 6.54 Å². The van der Waals surface area contributed by atoms with Gasteiger partial charge >= 0.3 is 6.09 Å². The maximum absolute atomic E-state index is 11.4. The summed E-state index contributed by atoms with van der Waals surface area (Å²) >= 11 is 0. The zero-order chi connectivity index (χ0) is 11.5. The molecule has 0 aromatic carbocycles. The second-order valence-electron chi connectivity index (χ2n) is 4.58. The molecule has 0 aromatic rings. The molecule has 1 radical (unpaired) electrons. The number of ether oxygens (including phenoxy) is 1. The van der Waals surface area contributed by atoms with E-state index in [1.807, 2.05) is 0 Å². The summed E-state index contributed by atoms with van der Waals surface area (Å²) in [5.74, 6) is -0.429. The fourth-order valence-corrected chi connectivity index (χ4v) is 1.35. The Morgan fingerprint density at radius 1 is 1.40 bits per heavy atom. The minimum atomic E-state index is -0.804. The molecule has 0 bridgehead atoms. The number of rotatable bonds is 1. The third kappa shape index (κ3) is 4.29. The molecule has 0 unspecified atom stereocenters. The van der Waals surface area contributed by atoms with E-state index in [-0.39, 0.29) is 6.04 Å². The molecule has 0 aliphatic carbocycles. The van der Waals surface area contributed by atoms with E-state index < -0.39 is 17.6 Å². The molecule has 1 atom stereocenters. The monoisotopic (exact) mass is 213 g/mol. The second kappa shape index (κ2) is 4.61. The largest absolute Gasteiger partial charge is 0.442 e. The highest BCUT2D eigenvalue weighted by molar-refractivity contribution is 5.94. The first-order valence-corrected chi connectivity index (χ1v) is 5.10.